The zero-order valence-corrected chi connectivity index (χ0v) is 11.3. The van der Waals surface area contributed by atoms with Crippen molar-refractivity contribution >= 4 is 8.07 Å². The molecular formula is C12H28OSi. The second-order valence-electron chi connectivity index (χ2n) is 4.45. The van der Waals surface area contributed by atoms with E-state index >= 15 is 0 Å². The summed E-state index contributed by atoms with van der Waals surface area (Å²) in [6, 6.07) is 5.89. The van der Waals surface area contributed by atoms with Crippen LogP contribution in [0.5, 0.6) is 0 Å². The number of hydrogen-bond acceptors (Lipinski definition) is 1. The van der Waals surface area contributed by atoms with E-state index in [0.29, 0.717) is 6.61 Å². The normalized spacial score (nSPS) is 12.0. The molecule has 0 aliphatic rings. The molecular weight excluding hydrogens is 188 g/mol. The summed E-state index contributed by atoms with van der Waals surface area (Å²) in [6.07, 6.45) is 4.95. The van der Waals surface area contributed by atoms with Gasteiger partial charge in [-0.2, -0.15) is 0 Å². The largest absolute Gasteiger partial charge is 0.396 e. The van der Waals surface area contributed by atoms with Crippen molar-refractivity contribution in [3.63, 3.8) is 0 Å². The molecule has 14 heavy (non-hydrogen) atoms. The topological polar surface area (TPSA) is 20.2 Å². The molecule has 0 saturated heterocycles. The first kappa shape index (κ1) is 14.2. The molecule has 1 nitrogen and oxygen atoms in total. The Balaban J connectivity index is 3.61. The van der Waals surface area contributed by atoms with Crippen molar-refractivity contribution in [3.8, 4) is 0 Å². The molecule has 0 aliphatic heterocycles. The number of aliphatic hydroxyl groups is 1. The molecule has 2 heteroatoms. The number of rotatable bonds is 9. The molecule has 0 heterocycles. The van der Waals surface area contributed by atoms with Crippen LogP contribution in [0.25, 0.3) is 0 Å². The van der Waals surface area contributed by atoms with E-state index in [9.17, 15) is 0 Å². The maximum absolute atomic E-state index is 8.67. The van der Waals surface area contributed by atoms with E-state index in [4.69, 9.17) is 5.11 Å². The van der Waals surface area contributed by atoms with Crippen LogP contribution in [0.4, 0.5) is 0 Å². The summed E-state index contributed by atoms with van der Waals surface area (Å²) >= 11 is 0. The third-order valence-corrected chi connectivity index (χ3v) is 9.78. The lowest BCUT2D eigenvalue weighted by molar-refractivity contribution is 0.283. The van der Waals surface area contributed by atoms with Crippen molar-refractivity contribution in [1.29, 1.82) is 0 Å². The molecule has 0 fully saturated rings. The minimum atomic E-state index is -0.840. The first-order chi connectivity index (χ1) is 6.74. The summed E-state index contributed by atoms with van der Waals surface area (Å²) in [5.74, 6) is 0. The first-order valence-electron chi connectivity index (χ1n) is 6.35. The van der Waals surface area contributed by atoms with E-state index in [1.165, 1.54) is 43.4 Å². The molecule has 0 aromatic rings. The molecule has 0 aliphatic carbocycles. The number of hydrogen-bond donors (Lipinski definition) is 1. The van der Waals surface area contributed by atoms with Gasteiger partial charge >= 0.3 is 0 Å². The predicted octanol–water partition coefficient (Wildman–Crippen LogP) is 4.05. The van der Waals surface area contributed by atoms with Crippen molar-refractivity contribution in [1.82, 2.24) is 0 Å². The molecule has 0 saturated carbocycles. The fourth-order valence-corrected chi connectivity index (χ4v) is 5.81. The smallest absolute Gasteiger partial charge is 0.0527 e. The summed E-state index contributed by atoms with van der Waals surface area (Å²) in [7, 11) is -0.840. The van der Waals surface area contributed by atoms with Gasteiger partial charge in [-0.05, 0) is 6.42 Å². The molecule has 0 aromatic carbocycles. The van der Waals surface area contributed by atoms with Gasteiger partial charge in [0.1, 0.15) is 0 Å². The van der Waals surface area contributed by atoms with Gasteiger partial charge < -0.3 is 5.11 Å². The molecule has 0 spiro atoms. The van der Waals surface area contributed by atoms with Crippen LogP contribution in [-0.4, -0.2) is 19.8 Å². The van der Waals surface area contributed by atoms with Crippen LogP contribution in [0.15, 0.2) is 0 Å². The minimum Gasteiger partial charge on any atom is -0.396 e. The third kappa shape index (κ3) is 5.16. The van der Waals surface area contributed by atoms with Crippen molar-refractivity contribution in [2.45, 2.75) is 70.6 Å². The fraction of sp³-hybridized carbons (Fsp3) is 1.00. The van der Waals surface area contributed by atoms with Gasteiger partial charge in [-0.15, -0.1) is 0 Å². The van der Waals surface area contributed by atoms with Gasteiger partial charge in [0.15, 0.2) is 0 Å². The SMILES string of the molecule is CC[Si](CC)(CC)CCCCCCO. The third-order valence-electron chi connectivity index (χ3n) is 3.87. The van der Waals surface area contributed by atoms with E-state index in [1.54, 1.807) is 0 Å². The van der Waals surface area contributed by atoms with E-state index in [1.807, 2.05) is 0 Å². The molecule has 0 aromatic heterocycles. The molecule has 0 rings (SSSR count). The zero-order valence-electron chi connectivity index (χ0n) is 10.3. The van der Waals surface area contributed by atoms with Crippen LogP contribution in [-0.2, 0) is 0 Å². The standard InChI is InChI=1S/C12H28OSi/c1-4-14(5-2,6-3)12-10-8-7-9-11-13/h13H,4-12H2,1-3H3. The van der Waals surface area contributed by atoms with Crippen LogP contribution in [0.3, 0.4) is 0 Å². The quantitative estimate of drug-likeness (QED) is 0.455. The maximum atomic E-state index is 8.67. The fourth-order valence-electron chi connectivity index (χ4n) is 2.25. The van der Waals surface area contributed by atoms with Gasteiger partial charge in [0, 0.05) is 6.61 Å². The first-order valence-corrected chi connectivity index (χ1v) is 9.18. The number of unbranched alkanes of at least 4 members (excludes halogenated alkanes) is 3. The Morgan fingerprint density at radius 1 is 0.786 bits per heavy atom. The molecule has 0 unspecified atom stereocenters. The number of aliphatic hydroxyl groups excluding tert-OH is 1. The van der Waals surface area contributed by atoms with E-state index < -0.39 is 8.07 Å². The van der Waals surface area contributed by atoms with Gasteiger partial charge in [0.2, 0.25) is 0 Å². The minimum absolute atomic E-state index is 0.373. The lowest BCUT2D eigenvalue weighted by Crippen LogP contribution is -2.30. The van der Waals surface area contributed by atoms with Gasteiger partial charge in [-0.1, -0.05) is 64.2 Å². The van der Waals surface area contributed by atoms with Crippen molar-refractivity contribution in [3.05, 3.63) is 0 Å². The van der Waals surface area contributed by atoms with Crippen LogP contribution < -0.4 is 0 Å². The Morgan fingerprint density at radius 3 is 1.71 bits per heavy atom. The molecule has 0 amide bonds. The van der Waals surface area contributed by atoms with E-state index in [2.05, 4.69) is 20.8 Å². The zero-order chi connectivity index (χ0) is 10.9. The maximum Gasteiger partial charge on any atom is 0.0527 e. The predicted molar refractivity (Wildman–Crippen MR) is 67.6 cm³/mol. The van der Waals surface area contributed by atoms with E-state index in [0.717, 1.165) is 6.42 Å². The molecule has 1 N–H and O–H groups in total. The van der Waals surface area contributed by atoms with Gasteiger partial charge in [-0.25, -0.2) is 0 Å². The molecule has 0 bridgehead atoms. The molecule has 0 atom stereocenters. The Hall–Kier alpha value is 0.177. The lowest BCUT2D eigenvalue weighted by Gasteiger charge is -2.27. The highest BCUT2D eigenvalue weighted by Gasteiger charge is 2.25. The Bertz CT molecular complexity index is 113. The van der Waals surface area contributed by atoms with Gasteiger partial charge in [-0.3, -0.25) is 0 Å². The van der Waals surface area contributed by atoms with Crippen LogP contribution in [0.1, 0.15) is 46.5 Å². The molecule has 86 valence electrons. The van der Waals surface area contributed by atoms with Crippen molar-refractivity contribution in [2.24, 2.45) is 0 Å². The second kappa shape index (κ2) is 8.48. The highest BCUT2D eigenvalue weighted by Crippen LogP contribution is 2.27. The van der Waals surface area contributed by atoms with E-state index in [-0.39, 0.29) is 0 Å². The Morgan fingerprint density at radius 2 is 1.29 bits per heavy atom. The Labute approximate surface area is 90.9 Å². The average Bonchev–Trinajstić information content (AvgIpc) is 2.24. The van der Waals surface area contributed by atoms with Crippen molar-refractivity contribution < 1.29 is 5.11 Å². The average molecular weight is 216 g/mol. The van der Waals surface area contributed by atoms with Crippen LogP contribution in [0, 0.1) is 0 Å². The Kier molecular flexibility index (Phi) is 8.59. The monoisotopic (exact) mass is 216 g/mol. The summed E-state index contributed by atoms with van der Waals surface area (Å²) < 4.78 is 0. The van der Waals surface area contributed by atoms with Crippen molar-refractivity contribution in [2.75, 3.05) is 6.61 Å². The molecule has 0 radical (unpaired) electrons. The van der Waals surface area contributed by atoms with Crippen LogP contribution in [0.2, 0.25) is 24.2 Å². The van der Waals surface area contributed by atoms with Crippen LogP contribution >= 0.6 is 0 Å². The second-order valence-corrected chi connectivity index (χ2v) is 10.1. The summed E-state index contributed by atoms with van der Waals surface area (Å²) in [4.78, 5) is 0. The summed E-state index contributed by atoms with van der Waals surface area (Å²) in [5.41, 5.74) is 0. The van der Waals surface area contributed by atoms with Gasteiger partial charge in [0.05, 0.1) is 8.07 Å². The summed E-state index contributed by atoms with van der Waals surface area (Å²) in [6.45, 7) is 7.52. The summed E-state index contributed by atoms with van der Waals surface area (Å²) in [5, 5.41) is 8.67. The lowest BCUT2D eigenvalue weighted by atomic mass is 10.2. The highest BCUT2D eigenvalue weighted by atomic mass is 28.3. The van der Waals surface area contributed by atoms with Gasteiger partial charge in [0.25, 0.3) is 0 Å². The highest BCUT2D eigenvalue weighted by molar-refractivity contribution is 6.79.